The highest BCUT2D eigenvalue weighted by Gasteiger charge is 2.44. The number of carboxylic acid groups (broad SMARTS) is 1. The Balaban J connectivity index is 1.58. The fraction of sp³-hybridized carbons (Fsp3) is 0.500. The van der Waals surface area contributed by atoms with E-state index in [2.05, 4.69) is 0 Å². The lowest BCUT2D eigenvalue weighted by molar-refractivity contribution is -0.143. The van der Waals surface area contributed by atoms with Crippen molar-refractivity contribution in [2.24, 2.45) is 5.92 Å². The van der Waals surface area contributed by atoms with Crippen LogP contribution in [-0.4, -0.2) is 84.2 Å². The SMILES string of the molecule is CN(C(=O)N(C)[C@@H]1CN(C(=O)[C@H]2CC[C@H](N(C)C(=O)O)CC2)C[C@H]1c1ccc(F)cc1)c1cc(C(F)(F)F)cc(C(F)(F)F)c1. The van der Waals surface area contributed by atoms with Crippen molar-refractivity contribution in [2.45, 2.75) is 56.0 Å². The van der Waals surface area contributed by atoms with Crippen LogP contribution in [0.25, 0.3) is 0 Å². The molecule has 45 heavy (non-hydrogen) atoms. The minimum absolute atomic E-state index is 0.0162. The Morgan fingerprint density at radius 1 is 0.800 bits per heavy atom. The summed E-state index contributed by atoms with van der Waals surface area (Å²) < 4.78 is 94.5. The summed E-state index contributed by atoms with van der Waals surface area (Å²) in [5, 5.41) is 9.26. The van der Waals surface area contributed by atoms with E-state index >= 15 is 0 Å². The number of halogens is 7. The van der Waals surface area contributed by atoms with Gasteiger partial charge in [-0.25, -0.2) is 14.0 Å². The van der Waals surface area contributed by atoms with Gasteiger partial charge in [-0.1, -0.05) is 12.1 Å². The summed E-state index contributed by atoms with van der Waals surface area (Å²) in [5.41, 5.74) is -3.17. The highest BCUT2D eigenvalue weighted by Crippen LogP contribution is 2.39. The number of nitrogens with zero attached hydrogens (tertiary/aromatic N) is 4. The van der Waals surface area contributed by atoms with Crippen LogP contribution in [0.1, 0.15) is 48.3 Å². The maximum atomic E-state index is 13.7. The van der Waals surface area contributed by atoms with Crippen LogP contribution in [0.2, 0.25) is 0 Å². The summed E-state index contributed by atoms with van der Waals surface area (Å²) in [4.78, 5) is 43.2. The monoisotopic (exact) mass is 646 g/mol. The quantitative estimate of drug-likeness (QED) is 0.376. The molecule has 15 heteroatoms. The predicted octanol–water partition coefficient (Wildman–Crippen LogP) is 6.51. The highest BCUT2D eigenvalue weighted by molar-refractivity contribution is 5.92. The summed E-state index contributed by atoms with van der Waals surface area (Å²) in [7, 11) is 3.88. The largest absolute Gasteiger partial charge is 0.465 e. The molecule has 0 spiro atoms. The number of rotatable bonds is 5. The second kappa shape index (κ2) is 12.8. The molecule has 4 rings (SSSR count). The molecule has 1 saturated heterocycles. The molecule has 0 unspecified atom stereocenters. The molecule has 1 N–H and O–H groups in total. The Morgan fingerprint density at radius 3 is 1.82 bits per heavy atom. The van der Waals surface area contributed by atoms with Crippen molar-refractivity contribution in [1.82, 2.24) is 14.7 Å². The first-order valence-electron chi connectivity index (χ1n) is 14.2. The Hall–Kier alpha value is -4.04. The summed E-state index contributed by atoms with van der Waals surface area (Å²) >= 11 is 0. The van der Waals surface area contributed by atoms with Gasteiger partial charge in [-0.05, 0) is 61.6 Å². The molecule has 2 fully saturated rings. The van der Waals surface area contributed by atoms with Gasteiger partial charge in [-0.15, -0.1) is 0 Å². The Kier molecular flexibility index (Phi) is 9.59. The normalized spacial score (nSPS) is 22.2. The molecular weight excluding hydrogens is 613 g/mol. The number of amides is 4. The average Bonchev–Trinajstić information content (AvgIpc) is 3.44. The molecular formula is C30H33F7N4O4. The molecule has 0 bridgehead atoms. The first-order chi connectivity index (χ1) is 20.9. The fourth-order valence-corrected chi connectivity index (χ4v) is 6.14. The smallest absolute Gasteiger partial charge is 0.416 e. The average molecular weight is 647 g/mol. The zero-order valence-electron chi connectivity index (χ0n) is 24.7. The number of likely N-dealkylation sites (N-methyl/N-ethyl adjacent to an activating group) is 1. The van der Waals surface area contributed by atoms with Gasteiger partial charge in [0, 0.05) is 57.8 Å². The van der Waals surface area contributed by atoms with Crippen molar-refractivity contribution in [1.29, 1.82) is 0 Å². The van der Waals surface area contributed by atoms with Gasteiger partial charge in [0.05, 0.1) is 17.2 Å². The zero-order valence-corrected chi connectivity index (χ0v) is 24.7. The maximum absolute atomic E-state index is 13.7. The van der Waals surface area contributed by atoms with Crippen molar-refractivity contribution in [3.8, 4) is 0 Å². The van der Waals surface area contributed by atoms with Crippen LogP contribution in [0.3, 0.4) is 0 Å². The van der Waals surface area contributed by atoms with Crippen LogP contribution in [0.5, 0.6) is 0 Å². The van der Waals surface area contributed by atoms with Gasteiger partial charge in [-0.3, -0.25) is 9.69 Å². The van der Waals surface area contributed by atoms with Gasteiger partial charge in [-0.2, -0.15) is 26.3 Å². The standard InChI is InChI=1S/C30H33F7N4O4/c1-38(23-13-19(29(32,33)34)12-20(14-23)30(35,36)37)27(43)40(3)25-16-41(15-24(25)17-4-8-21(31)9-5-17)26(42)18-6-10-22(11-7-18)39(2)28(44)45/h4-5,8-9,12-14,18,22,24-25H,6-7,10-11,15-16H2,1-3H3,(H,44,45)/t18-,22-,24-,25+/m0/s1. The van der Waals surface area contributed by atoms with E-state index in [0.29, 0.717) is 48.3 Å². The maximum Gasteiger partial charge on any atom is 0.416 e. The van der Waals surface area contributed by atoms with E-state index in [0.717, 1.165) is 7.05 Å². The lowest BCUT2D eigenvalue weighted by Gasteiger charge is -2.34. The van der Waals surface area contributed by atoms with Crippen molar-refractivity contribution in [2.75, 3.05) is 39.1 Å². The second-order valence-corrected chi connectivity index (χ2v) is 11.6. The molecule has 1 heterocycles. The van der Waals surface area contributed by atoms with Gasteiger partial charge in [0.1, 0.15) is 5.82 Å². The predicted molar refractivity (Wildman–Crippen MR) is 149 cm³/mol. The number of hydrogen-bond donors (Lipinski definition) is 1. The number of anilines is 1. The van der Waals surface area contributed by atoms with Gasteiger partial charge >= 0.3 is 24.5 Å². The van der Waals surface area contributed by atoms with E-state index in [-0.39, 0.29) is 31.1 Å². The molecule has 1 aliphatic heterocycles. The molecule has 2 aliphatic rings. The van der Waals surface area contributed by atoms with E-state index in [4.69, 9.17) is 0 Å². The molecule has 0 aromatic heterocycles. The zero-order chi connectivity index (χ0) is 33.4. The minimum atomic E-state index is -5.10. The topological polar surface area (TPSA) is 84.4 Å². The fourth-order valence-electron chi connectivity index (χ4n) is 6.14. The summed E-state index contributed by atoms with van der Waals surface area (Å²) in [5.74, 6) is -1.66. The van der Waals surface area contributed by atoms with E-state index in [9.17, 15) is 50.2 Å². The van der Waals surface area contributed by atoms with E-state index in [1.165, 1.54) is 48.2 Å². The van der Waals surface area contributed by atoms with E-state index in [1.807, 2.05) is 0 Å². The summed E-state index contributed by atoms with van der Waals surface area (Å²) in [6.07, 6.45) is -9.42. The van der Waals surface area contributed by atoms with Crippen LogP contribution in [0, 0.1) is 11.7 Å². The lowest BCUT2D eigenvalue weighted by atomic mass is 9.84. The van der Waals surface area contributed by atoms with Crippen LogP contribution in [0.4, 0.5) is 46.0 Å². The van der Waals surface area contributed by atoms with Gasteiger partial charge in [0.2, 0.25) is 5.91 Å². The molecule has 2 aromatic carbocycles. The number of carbonyl (C=O) groups excluding carboxylic acids is 2. The molecule has 1 aliphatic carbocycles. The van der Waals surface area contributed by atoms with Crippen LogP contribution < -0.4 is 4.90 Å². The van der Waals surface area contributed by atoms with Crippen LogP contribution in [-0.2, 0) is 17.1 Å². The number of hydrogen-bond acceptors (Lipinski definition) is 3. The first-order valence-corrected chi connectivity index (χ1v) is 14.2. The number of likely N-dealkylation sites (tertiary alicyclic amines) is 1. The van der Waals surface area contributed by atoms with Gasteiger partial charge < -0.3 is 19.8 Å². The Bertz CT molecular complexity index is 1380. The summed E-state index contributed by atoms with van der Waals surface area (Å²) in [6, 6.07) is 4.43. The van der Waals surface area contributed by atoms with Crippen molar-refractivity contribution in [3.05, 3.63) is 65.0 Å². The third-order valence-corrected chi connectivity index (χ3v) is 8.84. The van der Waals surface area contributed by atoms with Gasteiger partial charge in [0.25, 0.3) is 0 Å². The third kappa shape index (κ3) is 7.44. The number of alkyl halides is 6. The van der Waals surface area contributed by atoms with Crippen LogP contribution in [0.15, 0.2) is 42.5 Å². The molecule has 2 aromatic rings. The molecule has 1 saturated carbocycles. The van der Waals surface area contributed by atoms with Crippen molar-refractivity contribution < 1.29 is 50.2 Å². The summed E-state index contributed by atoms with van der Waals surface area (Å²) in [6.45, 7) is 0.148. The second-order valence-electron chi connectivity index (χ2n) is 11.6. The minimum Gasteiger partial charge on any atom is -0.465 e. The Labute approximate surface area is 255 Å². The molecule has 4 amide bonds. The molecule has 246 valence electrons. The molecule has 2 atom stereocenters. The van der Waals surface area contributed by atoms with Crippen LogP contribution >= 0.6 is 0 Å². The Morgan fingerprint density at radius 2 is 1.33 bits per heavy atom. The van der Waals surface area contributed by atoms with E-state index < -0.39 is 65.0 Å². The molecule has 0 radical (unpaired) electrons. The number of carbonyl (C=O) groups is 3. The lowest BCUT2D eigenvalue weighted by Crippen LogP contribution is -2.48. The highest BCUT2D eigenvalue weighted by atomic mass is 19.4. The number of benzene rings is 2. The third-order valence-electron chi connectivity index (χ3n) is 8.84. The van der Waals surface area contributed by atoms with Crippen molar-refractivity contribution >= 4 is 23.7 Å². The van der Waals surface area contributed by atoms with E-state index in [1.54, 1.807) is 4.90 Å². The first kappa shape index (κ1) is 33.8. The number of urea groups is 1. The van der Waals surface area contributed by atoms with Crippen molar-refractivity contribution in [3.63, 3.8) is 0 Å². The van der Waals surface area contributed by atoms with Gasteiger partial charge in [0.15, 0.2) is 0 Å². The molecule has 8 nitrogen and oxygen atoms in total.